The van der Waals surface area contributed by atoms with Crippen LogP contribution in [0.25, 0.3) is 0 Å². The molecule has 2 aliphatic carbocycles. The van der Waals surface area contributed by atoms with Crippen molar-refractivity contribution in [3.8, 4) is 40.6 Å². The van der Waals surface area contributed by atoms with E-state index in [0.717, 1.165) is 88.4 Å². The Balaban J connectivity index is 1.13. The topological polar surface area (TPSA) is 229 Å². The summed E-state index contributed by atoms with van der Waals surface area (Å²) in [5.41, 5.74) is 2.15. The third kappa shape index (κ3) is 14.7. The largest absolute Gasteiger partial charge is 0.504 e. The van der Waals surface area contributed by atoms with Gasteiger partial charge in [0.2, 0.25) is 11.7 Å². The minimum Gasteiger partial charge on any atom is -0.504 e. The monoisotopic (exact) mass is 1060 g/mol. The Kier molecular flexibility index (Phi) is 21.9. The molecule has 0 radical (unpaired) electrons. The van der Waals surface area contributed by atoms with Gasteiger partial charge in [-0.05, 0) is 161 Å². The van der Waals surface area contributed by atoms with Gasteiger partial charge in [-0.2, -0.15) is 0 Å². The van der Waals surface area contributed by atoms with Gasteiger partial charge in [0.1, 0.15) is 6.79 Å². The summed E-state index contributed by atoms with van der Waals surface area (Å²) in [5, 5.41) is 84.9. The number of carbonyl (C=O) groups excluding carboxylic acids is 1. The number of fused-ring (bicyclic) bond motifs is 3. The number of phenols is 2. The molecule has 5 aliphatic rings. The lowest BCUT2D eigenvalue weighted by Gasteiger charge is -2.53. The van der Waals surface area contributed by atoms with Crippen molar-refractivity contribution in [2.24, 2.45) is 40.9 Å². The van der Waals surface area contributed by atoms with Gasteiger partial charge in [0.05, 0.1) is 44.7 Å². The number of benzene rings is 2. The van der Waals surface area contributed by atoms with E-state index in [-0.39, 0.29) is 94.7 Å². The number of ether oxygens (including phenoxy) is 5. The van der Waals surface area contributed by atoms with E-state index in [1.807, 2.05) is 6.07 Å². The average molecular weight is 1060 g/mol. The lowest BCUT2D eigenvalue weighted by Crippen LogP contribution is -2.50. The molecule has 1 saturated heterocycles. The summed E-state index contributed by atoms with van der Waals surface area (Å²) in [6, 6.07) is 6.97. The Bertz CT molecular complexity index is 2120. The summed E-state index contributed by atoms with van der Waals surface area (Å²) in [7, 11) is 7.52. The van der Waals surface area contributed by atoms with Crippen molar-refractivity contribution in [2.75, 3.05) is 60.2 Å². The van der Waals surface area contributed by atoms with Crippen molar-refractivity contribution in [1.29, 1.82) is 0 Å². The van der Waals surface area contributed by atoms with Gasteiger partial charge in [-0.25, -0.2) is 0 Å². The third-order valence-corrected chi connectivity index (χ3v) is 19.7. The number of nitrogens with one attached hydrogen (secondary N) is 2. The summed E-state index contributed by atoms with van der Waals surface area (Å²) in [6.07, 6.45) is 8.00. The molecule has 2 aromatic rings. The first-order chi connectivity index (χ1) is 35.3. The minimum absolute atomic E-state index is 0.00741. The van der Waals surface area contributed by atoms with Crippen LogP contribution in [0, 0.1) is 52.8 Å². The molecule has 3 fully saturated rings. The quantitative estimate of drug-likeness (QED) is 0.0323. The fourth-order valence-electron chi connectivity index (χ4n) is 13.1. The molecule has 14 atom stereocenters. The van der Waals surface area contributed by atoms with Gasteiger partial charge in [-0.3, -0.25) is 4.79 Å². The summed E-state index contributed by atoms with van der Waals surface area (Å²) in [6.45, 7) is 4.03. The molecule has 408 valence electrons. The first kappa shape index (κ1) is 57.6. The molecule has 14 unspecified atom stereocenters. The Morgan fingerprint density at radius 2 is 1.71 bits per heavy atom. The maximum atomic E-state index is 12.6. The van der Waals surface area contributed by atoms with Crippen LogP contribution in [0.4, 0.5) is 0 Å². The maximum Gasteiger partial charge on any atom is 0.220 e. The van der Waals surface area contributed by atoms with Gasteiger partial charge in [0.25, 0.3) is 0 Å². The number of aliphatic hydroxyl groups excluding tert-OH is 5. The van der Waals surface area contributed by atoms with Crippen LogP contribution < -0.4 is 24.8 Å². The zero-order chi connectivity index (χ0) is 52.1. The van der Waals surface area contributed by atoms with Crippen molar-refractivity contribution >= 4 is 27.5 Å². The van der Waals surface area contributed by atoms with Crippen LogP contribution in [0.15, 0.2) is 24.3 Å². The SMILES string of the molecule is COCCCC1NC(=O)CC1C(O)CCC1CCC(C)CC12C#CCCNCC1CCC(Oc3cc4c(cc3O)C(CCO)SSCC(O)C(Cc3cc(OC)c(O)c(OC)c3)C(O)CC(OCO)CC4)CC12. The molecule has 1 amide bonds. The first-order valence-corrected chi connectivity index (χ1v) is 29.3. The van der Waals surface area contributed by atoms with Crippen molar-refractivity contribution in [2.45, 2.75) is 158 Å². The molecule has 17 heteroatoms. The molecule has 9 N–H and O–H groups in total. The average Bonchev–Trinajstić information content (AvgIpc) is 3.79. The predicted octanol–water partition coefficient (Wildman–Crippen LogP) is 6.83. The number of aromatic hydroxyl groups is 2. The molecule has 73 heavy (non-hydrogen) atoms. The fourth-order valence-corrected chi connectivity index (χ4v) is 16.0. The zero-order valence-corrected chi connectivity index (χ0v) is 45.1. The number of hydrogen-bond acceptors (Lipinski definition) is 16. The highest BCUT2D eigenvalue weighted by molar-refractivity contribution is 8.76. The molecular weight excluding hydrogens is 973 g/mol. The number of carbonyl (C=O) groups is 1. The molecule has 0 aromatic heterocycles. The molecule has 2 saturated carbocycles. The fraction of sp³-hybridized carbons (Fsp3) is 0.732. The third-order valence-electron chi connectivity index (χ3n) is 16.9. The van der Waals surface area contributed by atoms with E-state index in [0.29, 0.717) is 61.9 Å². The van der Waals surface area contributed by atoms with Gasteiger partial charge < -0.3 is 70.1 Å². The molecular formula is C56H84N2O13S2. The molecule has 2 aromatic carbocycles. The number of methoxy groups -OCH3 is 3. The van der Waals surface area contributed by atoms with Crippen LogP contribution in [0.1, 0.15) is 125 Å². The van der Waals surface area contributed by atoms with E-state index < -0.39 is 37.1 Å². The van der Waals surface area contributed by atoms with Crippen LogP contribution in [0.2, 0.25) is 0 Å². The van der Waals surface area contributed by atoms with Gasteiger partial charge >= 0.3 is 0 Å². The number of aliphatic hydroxyl groups is 5. The summed E-state index contributed by atoms with van der Waals surface area (Å²) >= 11 is 0. The zero-order valence-electron chi connectivity index (χ0n) is 43.5. The molecule has 1 spiro atoms. The minimum atomic E-state index is -1.04. The summed E-state index contributed by atoms with van der Waals surface area (Å²) in [5.74, 6) is 9.09. The van der Waals surface area contributed by atoms with Gasteiger partial charge in [0.15, 0.2) is 23.0 Å². The number of phenolic OH excluding ortho intramolecular Hbond substituents is 2. The smallest absolute Gasteiger partial charge is 0.220 e. The van der Waals surface area contributed by atoms with Crippen LogP contribution >= 0.6 is 21.6 Å². The molecule has 3 heterocycles. The van der Waals surface area contributed by atoms with Gasteiger partial charge in [-0.15, -0.1) is 5.92 Å². The van der Waals surface area contributed by atoms with E-state index in [2.05, 4.69) is 29.4 Å². The van der Waals surface area contributed by atoms with Crippen LogP contribution in [0.3, 0.4) is 0 Å². The van der Waals surface area contributed by atoms with Gasteiger partial charge in [0, 0.05) is 74.0 Å². The molecule has 15 nitrogen and oxygen atoms in total. The second-order valence-electron chi connectivity index (χ2n) is 21.6. The predicted molar refractivity (Wildman–Crippen MR) is 284 cm³/mol. The van der Waals surface area contributed by atoms with E-state index >= 15 is 0 Å². The maximum absolute atomic E-state index is 12.6. The summed E-state index contributed by atoms with van der Waals surface area (Å²) in [4.78, 5) is 12.6. The van der Waals surface area contributed by atoms with Crippen molar-refractivity contribution in [3.05, 3.63) is 41.0 Å². The number of hydrogen-bond donors (Lipinski definition) is 9. The lowest BCUT2D eigenvalue weighted by molar-refractivity contribution is -0.119. The number of rotatable bonds is 18. The second kappa shape index (κ2) is 27.8. The first-order valence-electron chi connectivity index (χ1n) is 26.9. The van der Waals surface area contributed by atoms with Crippen LogP contribution in [0.5, 0.6) is 28.7 Å². The molecule has 7 rings (SSSR count). The van der Waals surface area contributed by atoms with Crippen molar-refractivity contribution < 1.29 is 64.2 Å². The highest BCUT2D eigenvalue weighted by Crippen LogP contribution is 2.57. The number of amides is 1. The van der Waals surface area contributed by atoms with Gasteiger partial charge in [-0.1, -0.05) is 40.9 Å². The van der Waals surface area contributed by atoms with Crippen molar-refractivity contribution in [1.82, 2.24) is 10.6 Å². The van der Waals surface area contributed by atoms with Crippen molar-refractivity contribution in [3.63, 3.8) is 0 Å². The Morgan fingerprint density at radius 3 is 2.45 bits per heavy atom. The Labute approximate surface area is 441 Å². The van der Waals surface area contributed by atoms with E-state index in [9.17, 15) is 40.5 Å². The molecule has 3 aliphatic heterocycles. The highest BCUT2D eigenvalue weighted by Gasteiger charge is 2.52. The highest BCUT2D eigenvalue weighted by atomic mass is 33.1. The second-order valence-corrected chi connectivity index (χ2v) is 24.2. The number of aryl methyl sites for hydroxylation is 1. The van der Waals surface area contributed by atoms with E-state index in [1.165, 1.54) is 35.8 Å². The standard InChI is InChI=1S/C56H84N2O13S2/c1-34-9-12-38(13-16-46(61)42-29-54(65)58-45(42)8-7-21-67-2)56(30-34)18-5-6-19-57-31-37-11-15-40(26-44(37)56)71-50-25-36-10-14-39(70-33-60)27-47(62)43(22-35-23-51(68-3)55(66)52(24-35)69-4)49(64)32-72-73-53(17-20-59)41(36)28-48(50)63/h23-25,28,34,37-40,42-47,49,53,57,59-64,66H,6-17,19-22,26-27,29-33H2,1-4H3,(H,58,65). The van der Waals surface area contributed by atoms with Crippen LogP contribution in [-0.4, -0.2) is 138 Å². The lowest BCUT2D eigenvalue weighted by atomic mass is 9.51. The Hall–Kier alpha value is -3.15. The van der Waals surface area contributed by atoms with E-state index in [4.69, 9.17) is 23.7 Å². The Morgan fingerprint density at radius 1 is 0.918 bits per heavy atom. The van der Waals surface area contributed by atoms with Crippen LogP contribution in [-0.2, 0) is 27.1 Å². The summed E-state index contributed by atoms with van der Waals surface area (Å²) < 4.78 is 28.9. The molecule has 0 bridgehead atoms. The van der Waals surface area contributed by atoms with E-state index in [1.54, 1.807) is 25.3 Å². The normalized spacial score (nSPS) is 32.6.